The van der Waals surface area contributed by atoms with E-state index in [9.17, 15) is 4.79 Å². The maximum atomic E-state index is 11.9. The zero-order chi connectivity index (χ0) is 18.5. The first-order chi connectivity index (χ1) is 12.5. The number of carbonyl (C=O) groups is 1. The van der Waals surface area contributed by atoms with Gasteiger partial charge in [-0.25, -0.2) is 0 Å². The lowest BCUT2D eigenvalue weighted by Crippen LogP contribution is -2.20. The van der Waals surface area contributed by atoms with Crippen LogP contribution in [0.1, 0.15) is 0 Å². The van der Waals surface area contributed by atoms with Crippen molar-refractivity contribution in [3.63, 3.8) is 0 Å². The summed E-state index contributed by atoms with van der Waals surface area (Å²) in [6.07, 6.45) is 0. The van der Waals surface area contributed by atoms with Crippen LogP contribution in [0.4, 0.5) is 6.01 Å². The van der Waals surface area contributed by atoms with Gasteiger partial charge in [-0.15, -0.1) is 5.10 Å². The van der Waals surface area contributed by atoms with Crippen molar-refractivity contribution in [1.82, 2.24) is 10.2 Å². The molecule has 0 bridgehead atoms. The van der Waals surface area contributed by atoms with Crippen molar-refractivity contribution in [1.29, 1.82) is 0 Å². The van der Waals surface area contributed by atoms with Gasteiger partial charge in [0.1, 0.15) is 11.5 Å². The molecule has 3 aromatic rings. The highest BCUT2D eigenvalue weighted by Crippen LogP contribution is 2.30. The highest BCUT2D eigenvalue weighted by molar-refractivity contribution is 6.36. The summed E-state index contributed by atoms with van der Waals surface area (Å²) in [4.78, 5) is 11.9. The lowest BCUT2D eigenvalue weighted by Gasteiger charge is -2.06. The summed E-state index contributed by atoms with van der Waals surface area (Å²) in [5.74, 6) is 0.942. The van der Waals surface area contributed by atoms with Crippen molar-refractivity contribution < 1.29 is 18.7 Å². The fourth-order valence-electron chi connectivity index (χ4n) is 2.02. The highest BCUT2D eigenvalue weighted by atomic mass is 35.5. The van der Waals surface area contributed by atoms with Crippen LogP contribution >= 0.6 is 23.2 Å². The zero-order valence-electron chi connectivity index (χ0n) is 13.5. The Morgan fingerprint density at radius 2 is 1.85 bits per heavy atom. The van der Waals surface area contributed by atoms with Gasteiger partial charge >= 0.3 is 6.01 Å². The van der Waals surface area contributed by atoms with Crippen molar-refractivity contribution in [3.05, 3.63) is 52.5 Å². The molecule has 1 amide bonds. The number of benzene rings is 2. The van der Waals surface area contributed by atoms with E-state index in [4.69, 9.17) is 37.1 Å². The number of amides is 1. The molecule has 9 heteroatoms. The van der Waals surface area contributed by atoms with Crippen LogP contribution in [0.15, 0.2) is 46.9 Å². The Hall–Kier alpha value is -2.77. The van der Waals surface area contributed by atoms with E-state index < -0.39 is 5.91 Å². The molecule has 1 N–H and O–H groups in total. The number of aromatic nitrogens is 2. The number of methoxy groups -OCH3 is 1. The quantitative estimate of drug-likeness (QED) is 0.678. The Bertz CT molecular complexity index is 913. The normalized spacial score (nSPS) is 10.4. The van der Waals surface area contributed by atoms with Gasteiger partial charge < -0.3 is 13.9 Å². The number of hydrogen-bond acceptors (Lipinski definition) is 6. The molecule has 0 aliphatic carbocycles. The molecule has 7 nitrogen and oxygen atoms in total. The molecule has 0 unspecified atom stereocenters. The SMILES string of the molecule is COc1ccc(OCC(=O)Nc2nnc(-c3ccc(Cl)cc3Cl)o2)cc1. The third kappa shape index (κ3) is 4.44. The number of nitrogens with one attached hydrogen (secondary N) is 1. The summed E-state index contributed by atoms with van der Waals surface area (Å²) < 4.78 is 15.8. The molecule has 2 aromatic carbocycles. The lowest BCUT2D eigenvalue weighted by molar-refractivity contribution is -0.118. The number of carbonyl (C=O) groups excluding carboxylic acids is 1. The van der Waals surface area contributed by atoms with Gasteiger partial charge in [-0.1, -0.05) is 28.3 Å². The molecule has 0 saturated carbocycles. The maximum absolute atomic E-state index is 11.9. The molecule has 1 aromatic heterocycles. The molecule has 1 heterocycles. The van der Waals surface area contributed by atoms with Crippen LogP contribution in [0.2, 0.25) is 10.0 Å². The maximum Gasteiger partial charge on any atom is 0.322 e. The first kappa shape index (κ1) is 18.0. The van der Waals surface area contributed by atoms with E-state index in [0.29, 0.717) is 27.1 Å². The second-order valence-corrected chi connectivity index (χ2v) is 5.89. The second-order valence-electron chi connectivity index (χ2n) is 5.05. The van der Waals surface area contributed by atoms with Crippen LogP contribution in [-0.2, 0) is 4.79 Å². The smallest absolute Gasteiger partial charge is 0.322 e. The highest BCUT2D eigenvalue weighted by Gasteiger charge is 2.14. The van der Waals surface area contributed by atoms with Crippen LogP contribution in [-0.4, -0.2) is 29.8 Å². The summed E-state index contributed by atoms with van der Waals surface area (Å²) in [5.41, 5.74) is 0.513. The van der Waals surface area contributed by atoms with Crippen molar-refractivity contribution in [2.24, 2.45) is 0 Å². The summed E-state index contributed by atoms with van der Waals surface area (Å²) in [6, 6.07) is 11.6. The Balaban J connectivity index is 1.58. The summed E-state index contributed by atoms with van der Waals surface area (Å²) in [6.45, 7) is -0.217. The van der Waals surface area contributed by atoms with E-state index in [1.54, 1.807) is 49.6 Å². The minimum Gasteiger partial charge on any atom is -0.497 e. The number of ether oxygens (including phenoxy) is 2. The molecule has 0 aliphatic heterocycles. The average Bonchev–Trinajstić information content (AvgIpc) is 3.08. The number of halogens is 2. The molecule has 0 aliphatic rings. The first-order valence-corrected chi connectivity index (χ1v) is 8.16. The van der Waals surface area contributed by atoms with Crippen molar-refractivity contribution in [2.75, 3.05) is 19.0 Å². The third-order valence-electron chi connectivity index (χ3n) is 3.26. The number of hydrogen-bond donors (Lipinski definition) is 1. The van der Waals surface area contributed by atoms with Crippen molar-refractivity contribution in [2.45, 2.75) is 0 Å². The van der Waals surface area contributed by atoms with Gasteiger partial charge in [0.05, 0.1) is 17.7 Å². The molecule has 0 spiro atoms. The van der Waals surface area contributed by atoms with E-state index in [2.05, 4.69) is 15.5 Å². The van der Waals surface area contributed by atoms with E-state index in [1.807, 2.05) is 0 Å². The van der Waals surface area contributed by atoms with Crippen LogP contribution in [0, 0.1) is 0 Å². The van der Waals surface area contributed by atoms with Gasteiger partial charge in [0.25, 0.3) is 11.8 Å². The number of rotatable bonds is 6. The van der Waals surface area contributed by atoms with Crippen LogP contribution in [0.25, 0.3) is 11.5 Å². The summed E-state index contributed by atoms with van der Waals surface area (Å²) >= 11 is 11.9. The first-order valence-electron chi connectivity index (χ1n) is 7.41. The monoisotopic (exact) mass is 393 g/mol. The molecule has 0 atom stereocenters. The second kappa shape index (κ2) is 8.07. The summed E-state index contributed by atoms with van der Waals surface area (Å²) in [7, 11) is 1.57. The largest absolute Gasteiger partial charge is 0.497 e. The number of anilines is 1. The van der Waals surface area contributed by atoms with Crippen molar-refractivity contribution >= 4 is 35.1 Å². The topological polar surface area (TPSA) is 86.5 Å². The minimum absolute atomic E-state index is 0.0608. The number of nitrogens with zero attached hydrogens (tertiary/aromatic N) is 2. The molecule has 0 fully saturated rings. The molecular weight excluding hydrogens is 381 g/mol. The van der Waals surface area contributed by atoms with Crippen LogP contribution in [0.5, 0.6) is 11.5 Å². The fourth-order valence-corrected chi connectivity index (χ4v) is 2.51. The minimum atomic E-state index is -0.446. The Kier molecular flexibility index (Phi) is 5.60. The van der Waals surface area contributed by atoms with E-state index in [-0.39, 0.29) is 18.5 Å². The standard InChI is InChI=1S/C17H13Cl2N3O4/c1-24-11-3-5-12(6-4-11)25-9-15(23)20-17-22-21-16(26-17)13-7-2-10(18)8-14(13)19/h2-8H,9H2,1H3,(H,20,22,23). The third-order valence-corrected chi connectivity index (χ3v) is 3.81. The zero-order valence-corrected chi connectivity index (χ0v) is 15.0. The van der Waals surface area contributed by atoms with Crippen LogP contribution < -0.4 is 14.8 Å². The molecular formula is C17H13Cl2N3O4. The van der Waals surface area contributed by atoms with Gasteiger partial charge in [-0.05, 0) is 42.5 Å². The molecule has 134 valence electrons. The Morgan fingerprint density at radius 3 is 2.54 bits per heavy atom. The van der Waals surface area contributed by atoms with E-state index >= 15 is 0 Å². The predicted octanol–water partition coefficient (Wildman–Crippen LogP) is 4.07. The van der Waals surface area contributed by atoms with Gasteiger partial charge in [0.15, 0.2) is 6.61 Å². The van der Waals surface area contributed by atoms with Crippen molar-refractivity contribution in [3.8, 4) is 23.0 Å². The fraction of sp³-hybridized carbons (Fsp3) is 0.118. The molecule has 26 heavy (non-hydrogen) atoms. The molecule has 3 rings (SSSR count). The average molecular weight is 394 g/mol. The van der Waals surface area contributed by atoms with E-state index in [1.165, 1.54) is 0 Å². The molecule has 0 radical (unpaired) electrons. The summed E-state index contributed by atoms with van der Waals surface area (Å²) in [5, 5.41) is 10.9. The van der Waals surface area contributed by atoms with E-state index in [0.717, 1.165) is 0 Å². The lowest BCUT2D eigenvalue weighted by atomic mass is 10.2. The van der Waals surface area contributed by atoms with Gasteiger partial charge in [0.2, 0.25) is 0 Å². The Morgan fingerprint density at radius 1 is 1.12 bits per heavy atom. The molecule has 0 saturated heterocycles. The van der Waals surface area contributed by atoms with Gasteiger partial charge in [-0.2, -0.15) is 0 Å². The predicted molar refractivity (Wildman–Crippen MR) is 96.9 cm³/mol. The van der Waals surface area contributed by atoms with Gasteiger partial charge in [-0.3, -0.25) is 10.1 Å². The van der Waals surface area contributed by atoms with Gasteiger partial charge in [0, 0.05) is 5.02 Å². The van der Waals surface area contributed by atoms with Crippen LogP contribution in [0.3, 0.4) is 0 Å². The Labute approximate surface area is 158 Å².